The second kappa shape index (κ2) is 2.70. The third-order valence-electron chi connectivity index (χ3n) is 1.81. The zero-order chi connectivity index (χ0) is 7.61. The Balaban J connectivity index is 2.27. The summed E-state index contributed by atoms with van der Waals surface area (Å²) in [4.78, 5) is 10.4. The lowest BCUT2D eigenvalue weighted by atomic mass is 9.95. The zero-order valence-corrected chi connectivity index (χ0v) is 6.59. The molecule has 0 aromatic heterocycles. The molecule has 0 aliphatic heterocycles. The van der Waals surface area contributed by atoms with Crippen LogP contribution in [0.5, 0.6) is 0 Å². The highest BCUT2D eigenvalue weighted by Crippen LogP contribution is 2.25. The predicted molar refractivity (Wildman–Crippen MR) is 38.9 cm³/mol. The summed E-state index contributed by atoms with van der Waals surface area (Å²) in [6, 6.07) is 0. The highest BCUT2D eigenvalue weighted by atomic mass is 16.5. The molecule has 2 nitrogen and oxygen atoms in total. The summed E-state index contributed by atoms with van der Waals surface area (Å²) < 4.78 is 5.45. The molecular formula is C8H14O2. The molecule has 1 aliphatic rings. The molecule has 0 unspecified atom stereocenters. The third kappa shape index (κ3) is 1.81. The fourth-order valence-electron chi connectivity index (χ4n) is 0.946. The van der Waals surface area contributed by atoms with Gasteiger partial charge in [0, 0.05) is 0 Å². The summed E-state index contributed by atoms with van der Waals surface area (Å²) in [6.45, 7) is 3.61. The topological polar surface area (TPSA) is 26.3 Å². The van der Waals surface area contributed by atoms with E-state index < -0.39 is 5.60 Å². The van der Waals surface area contributed by atoms with Crippen molar-refractivity contribution < 1.29 is 9.53 Å². The molecule has 1 fully saturated rings. The van der Waals surface area contributed by atoms with Gasteiger partial charge in [0.05, 0.1) is 6.10 Å². The molecule has 0 radical (unpaired) electrons. The molecule has 0 aromatic rings. The maximum absolute atomic E-state index is 10.4. The normalized spacial score (nSPS) is 20.2. The van der Waals surface area contributed by atoms with Gasteiger partial charge in [0.1, 0.15) is 5.60 Å². The van der Waals surface area contributed by atoms with Crippen LogP contribution in [-0.4, -0.2) is 18.0 Å². The molecule has 10 heavy (non-hydrogen) atoms. The van der Waals surface area contributed by atoms with Gasteiger partial charge in [0.2, 0.25) is 0 Å². The molecule has 0 aromatic carbocycles. The minimum absolute atomic E-state index is 0.347. The molecule has 1 aliphatic carbocycles. The van der Waals surface area contributed by atoms with Crippen molar-refractivity contribution in [2.24, 2.45) is 0 Å². The summed E-state index contributed by atoms with van der Waals surface area (Å²) in [6.07, 6.45) is 4.71. The van der Waals surface area contributed by atoms with E-state index in [1.807, 2.05) is 0 Å². The minimum Gasteiger partial charge on any atom is -0.365 e. The van der Waals surface area contributed by atoms with E-state index in [9.17, 15) is 4.79 Å². The zero-order valence-electron chi connectivity index (χ0n) is 6.59. The molecule has 0 N–H and O–H groups in total. The average molecular weight is 142 g/mol. The lowest BCUT2D eigenvalue weighted by Crippen LogP contribution is -2.35. The highest BCUT2D eigenvalue weighted by molar-refractivity contribution is 5.60. The molecule has 1 saturated carbocycles. The Morgan fingerprint density at radius 1 is 1.50 bits per heavy atom. The number of aldehydes is 1. The fourth-order valence-corrected chi connectivity index (χ4v) is 0.946. The third-order valence-corrected chi connectivity index (χ3v) is 1.81. The van der Waals surface area contributed by atoms with Gasteiger partial charge in [0.25, 0.3) is 0 Å². The minimum atomic E-state index is -0.564. The number of carbonyl (C=O) groups is 1. The smallest absolute Gasteiger partial charge is 0.151 e. The quantitative estimate of drug-likeness (QED) is 0.558. The highest BCUT2D eigenvalue weighted by Gasteiger charge is 2.26. The van der Waals surface area contributed by atoms with Crippen molar-refractivity contribution in [3.8, 4) is 0 Å². The van der Waals surface area contributed by atoms with Crippen molar-refractivity contribution in [3.63, 3.8) is 0 Å². The predicted octanol–water partition coefficient (Wildman–Crippen LogP) is 1.53. The molecule has 0 atom stereocenters. The Hall–Kier alpha value is -0.370. The number of ether oxygens (including phenoxy) is 1. The fraction of sp³-hybridized carbons (Fsp3) is 0.875. The molecule has 0 amide bonds. The Morgan fingerprint density at radius 3 is 2.40 bits per heavy atom. The van der Waals surface area contributed by atoms with E-state index in [1.165, 1.54) is 6.42 Å². The van der Waals surface area contributed by atoms with E-state index >= 15 is 0 Å². The Labute approximate surface area is 61.6 Å². The molecule has 0 spiro atoms. The number of hydrogen-bond acceptors (Lipinski definition) is 2. The van der Waals surface area contributed by atoms with Gasteiger partial charge in [-0.3, -0.25) is 0 Å². The molecule has 0 saturated heterocycles. The van der Waals surface area contributed by atoms with E-state index in [2.05, 4.69) is 0 Å². The summed E-state index contributed by atoms with van der Waals surface area (Å²) in [5.74, 6) is 0. The van der Waals surface area contributed by atoms with Crippen LogP contribution in [0.4, 0.5) is 0 Å². The number of rotatable bonds is 3. The standard InChI is InChI=1S/C8H14O2/c1-8(2,6-9)10-7-4-3-5-7/h6-7H,3-5H2,1-2H3. The van der Waals surface area contributed by atoms with Crippen LogP contribution in [0, 0.1) is 0 Å². The molecule has 0 bridgehead atoms. The van der Waals surface area contributed by atoms with Crippen LogP contribution < -0.4 is 0 Å². The SMILES string of the molecule is CC(C)(C=O)OC1CCC1. The summed E-state index contributed by atoms with van der Waals surface area (Å²) in [5, 5.41) is 0. The van der Waals surface area contributed by atoms with Gasteiger partial charge in [0.15, 0.2) is 6.29 Å². The molecule has 58 valence electrons. The van der Waals surface area contributed by atoms with E-state index in [0.717, 1.165) is 19.1 Å². The van der Waals surface area contributed by atoms with Crippen molar-refractivity contribution in [2.45, 2.75) is 44.8 Å². The van der Waals surface area contributed by atoms with Crippen molar-refractivity contribution in [1.82, 2.24) is 0 Å². The first-order valence-electron chi connectivity index (χ1n) is 3.78. The van der Waals surface area contributed by atoms with Crippen molar-refractivity contribution in [3.05, 3.63) is 0 Å². The van der Waals surface area contributed by atoms with Gasteiger partial charge in [-0.05, 0) is 33.1 Å². The van der Waals surface area contributed by atoms with Crippen LogP contribution in [-0.2, 0) is 9.53 Å². The van der Waals surface area contributed by atoms with Gasteiger partial charge >= 0.3 is 0 Å². The van der Waals surface area contributed by atoms with E-state index in [0.29, 0.717) is 6.10 Å². The Kier molecular flexibility index (Phi) is 2.09. The maximum Gasteiger partial charge on any atom is 0.151 e. The lowest BCUT2D eigenvalue weighted by molar-refractivity contribution is -0.140. The second-order valence-corrected chi connectivity index (χ2v) is 3.39. The van der Waals surface area contributed by atoms with E-state index in [4.69, 9.17) is 4.74 Å². The van der Waals surface area contributed by atoms with Gasteiger partial charge in [-0.15, -0.1) is 0 Å². The number of hydrogen-bond donors (Lipinski definition) is 0. The molecule has 2 heteroatoms. The van der Waals surface area contributed by atoms with Crippen LogP contribution in [0.3, 0.4) is 0 Å². The number of carbonyl (C=O) groups excluding carboxylic acids is 1. The van der Waals surface area contributed by atoms with E-state index in [1.54, 1.807) is 13.8 Å². The van der Waals surface area contributed by atoms with Gasteiger partial charge in [-0.25, -0.2) is 0 Å². The first-order valence-corrected chi connectivity index (χ1v) is 3.78. The van der Waals surface area contributed by atoms with Crippen molar-refractivity contribution >= 4 is 6.29 Å². The van der Waals surface area contributed by atoms with Crippen LogP contribution in [0.2, 0.25) is 0 Å². The summed E-state index contributed by atoms with van der Waals surface area (Å²) >= 11 is 0. The first kappa shape index (κ1) is 7.73. The summed E-state index contributed by atoms with van der Waals surface area (Å²) in [7, 11) is 0. The van der Waals surface area contributed by atoms with Gasteiger partial charge in [-0.2, -0.15) is 0 Å². The summed E-state index contributed by atoms with van der Waals surface area (Å²) in [5.41, 5.74) is -0.564. The molecule has 0 heterocycles. The Bertz CT molecular complexity index is 125. The van der Waals surface area contributed by atoms with Crippen molar-refractivity contribution in [1.29, 1.82) is 0 Å². The Morgan fingerprint density at radius 2 is 2.10 bits per heavy atom. The maximum atomic E-state index is 10.4. The monoisotopic (exact) mass is 142 g/mol. The van der Waals surface area contributed by atoms with Crippen LogP contribution in [0.1, 0.15) is 33.1 Å². The second-order valence-electron chi connectivity index (χ2n) is 3.39. The molecule has 1 rings (SSSR count). The average Bonchev–Trinajstić information content (AvgIpc) is 1.80. The van der Waals surface area contributed by atoms with Crippen LogP contribution in [0.15, 0.2) is 0 Å². The van der Waals surface area contributed by atoms with Gasteiger partial charge < -0.3 is 9.53 Å². The van der Waals surface area contributed by atoms with Crippen molar-refractivity contribution in [2.75, 3.05) is 0 Å². The lowest BCUT2D eigenvalue weighted by Gasteiger charge is -2.31. The van der Waals surface area contributed by atoms with E-state index in [-0.39, 0.29) is 0 Å². The van der Waals surface area contributed by atoms with Gasteiger partial charge in [-0.1, -0.05) is 0 Å². The first-order chi connectivity index (χ1) is 4.64. The van der Waals surface area contributed by atoms with Crippen LogP contribution in [0.25, 0.3) is 0 Å². The molecular weight excluding hydrogens is 128 g/mol. The largest absolute Gasteiger partial charge is 0.365 e. The van der Waals surface area contributed by atoms with Crippen LogP contribution >= 0.6 is 0 Å².